The van der Waals surface area contributed by atoms with E-state index in [4.69, 9.17) is 0 Å². The van der Waals surface area contributed by atoms with E-state index in [1.807, 2.05) is 0 Å². The van der Waals surface area contributed by atoms with E-state index in [-0.39, 0.29) is 41.4 Å². The second-order valence-corrected chi connectivity index (χ2v) is 9.03. The molecule has 26 heavy (non-hydrogen) atoms. The highest BCUT2D eigenvalue weighted by molar-refractivity contribution is 7.89. The van der Waals surface area contributed by atoms with Crippen molar-refractivity contribution in [2.45, 2.75) is 33.2 Å². The zero-order valence-corrected chi connectivity index (χ0v) is 16.1. The van der Waals surface area contributed by atoms with Gasteiger partial charge in [-0.2, -0.15) is 0 Å². The van der Waals surface area contributed by atoms with Crippen LogP contribution in [0.4, 0.5) is 0 Å². The summed E-state index contributed by atoms with van der Waals surface area (Å²) < 4.78 is 25.0. The molecule has 1 heterocycles. The second-order valence-electron chi connectivity index (χ2n) is 6.93. The van der Waals surface area contributed by atoms with Crippen LogP contribution in [0.2, 0.25) is 0 Å². The molecule has 0 spiro atoms. The van der Waals surface area contributed by atoms with Crippen LogP contribution < -0.4 is 10.0 Å². The third-order valence-electron chi connectivity index (χ3n) is 3.93. The summed E-state index contributed by atoms with van der Waals surface area (Å²) in [5.74, 6) is -1.29. The molecule has 0 bridgehead atoms. The van der Waals surface area contributed by atoms with Crippen molar-refractivity contribution in [3.8, 4) is 0 Å². The molecule has 9 heteroatoms. The van der Waals surface area contributed by atoms with Gasteiger partial charge in [0.1, 0.15) is 0 Å². The standard InChI is InChI=1S/C17H23N3O5S/c1-5-26(24,25)19-9-8-18-14(21)11-6-7-12-13(10-11)16(23)20(15(12)22)17(2,3)4/h6-7,10,19H,5,8-9H2,1-4H3,(H,18,21). The maximum absolute atomic E-state index is 12.5. The molecule has 0 unspecified atom stereocenters. The number of sulfonamides is 1. The fraction of sp³-hybridized carbons (Fsp3) is 0.471. The van der Waals surface area contributed by atoms with Gasteiger partial charge in [-0.3, -0.25) is 19.3 Å². The topological polar surface area (TPSA) is 113 Å². The molecule has 2 rings (SSSR count). The van der Waals surface area contributed by atoms with Crippen LogP contribution >= 0.6 is 0 Å². The van der Waals surface area contributed by atoms with Gasteiger partial charge in [0.15, 0.2) is 0 Å². The van der Waals surface area contributed by atoms with E-state index in [0.29, 0.717) is 0 Å². The van der Waals surface area contributed by atoms with Gasteiger partial charge in [-0.15, -0.1) is 0 Å². The summed E-state index contributed by atoms with van der Waals surface area (Å²) in [5.41, 5.74) is 0.0481. The number of benzene rings is 1. The van der Waals surface area contributed by atoms with Gasteiger partial charge in [-0.05, 0) is 45.9 Å². The number of nitrogens with zero attached hydrogens (tertiary/aromatic N) is 1. The lowest BCUT2D eigenvalue weighted by molar-refractivity contribution is 0.0507. The minimum atomic E-state index is -3.31. The Bertz CT molecular complexity index is 856. The van der Waals surface area contributed by atoms with Gasteiger partial charge < -0.3 is 5.32 Å². The number of amides is 3. The number of carbonyl (C=O) groups is 3. The number of imide groups is 1. The van der Waals surface area contributed by atoms with Crippen LogP contribution in [0.25, 0.3) is 0 Å². The van der Waals surface area contributed by atoms with Gasteiger partial charge >= 0.3 is 0 Å². The first kappa shape index (κ1) is 20.1. The number of carbonyl (C=O) groups excluding carboxylic acids is 3. The fourth-order valence-corrected chi connectivity index (χ4v) is 3.20. The molecule has 1 aliphatic heterocycles. The normalized spacial score (nSPS) is 14.5. The van der Waals surface area contributed by atoms with Gasteiger partial charge in [-0.1, -0.05) is 0 Å². The Morgan fingerprint density at radius 1 is 1.08 bits per heavy atom. The zero-order chi connectivity index (χ0) is 19.7. The van der Waals surface area contributed by atoms with Gasteiger partial charge in [-0.25, -0.2) is 13.1 Å². The van der Waals surface area contributed by atoms with E-state index < -0.39 is 27.4 Å². The van der Waals surface area contributed by atoms with Crippen molar-refractivity contribution in [1.82, 2.24) is 14.9 Å². The minimum absolute atomic E-state index is 0.0355. The molecule has 142 valence electrons. The first-order valence-corrected chi connectivity index (χ1v) is 9.91. The fourth-order valence-electron chi connectivity index (χ4n) is 2.58. The molecular formula is C17H23N3O5S. The Kier molecular flexibility index (Phi) is 5.52. The summed E-state index contributed by atoms with van der Waals surface area (Å²) in [7, 11) is -3.31. The minimum Gasteiger partial charge on any atom is -0.351 e. The Morgan fingerprint density at radius 2 is 1.69 bits per heavy atom. The van der Waals surface area contributed by atoms with Crippen LogP contribution in [-0.2, 0) is 10.0 Å². The molecule has 0 aromatic heterocycles. The number of hydrogen-bond acceptors (Lipinski definition) is 5. The van der Waals surface area contributed by atoms with E-state index in [0.717, 1.165) is 0 Å². The quantitative estimate of drug-likeness (QED) is 0.558. The molecule has 0 fully saturated rings. The Balaban J connectivity index is 2.08. The molecule has 2 N–H and O–H groups in total. The Hall–Kier alpha value is -2.26. The lowest BCUT2D eigenvalue weighted by Gasteiger charge is -2.29. The number of rotatable bonds is 6. The van der Waals surface area contributed by atoms with Crippen LogP contribution in [0.15, 0.2) is 18.2 Å². The first-order valence-electron chi connectivity index (χ1n) is 8.26. The molecule has 1 aromatic rings. The maximum Gasteiger partial charge on any atom is 0.262 e. The average Bonchev–Trinajstić information content (AvgIpc) is 2.82. The second kappa shape index (κ2) is 7.16. The zero-order valence-electron chi connectivity index (χ0n) is 15.3. The van der Waals surface area contributed by atoms with Crippen molar-refractivity contribution in [2.24, 2.45) is 0 Å². The van der Waals surface area contributed by atoms with Crippen molar-refractivity contribution >= 4 is 27.7 Å². The average molecular weight is 381 g/mol. The molecule has 0 radical (unpaired) electrons. The largest absolute Gasteiger partial charge is 0.351 e. The highest BCUT2D eigenvalue weighted by Crippen LogP contribution is 2.29. The van der Waals surface area contributed by atoms with Crippen LogP contribution in [0.1, 0.15) is 58.8 Å². The predicted octanol–water partition coefficient (Wildman–Crippen LogP) is 0.750. The van der Waals surface area contributed by atoms with Gasteiger partial charge in [0.2, 0.25) is 10.0 Å². The lowest BCUT2D eigenvalue weighted by Crippen LogP contribution is -2.45. The van der Waals surface area contributed by atoms with Crippen LogP contribution in [-0.4, -0.2) is 55.4 Å². The third kappa shape index (κ3) is 4.10. The summed E-state index contributed by atoms with van der Waals surface area (Å²) in [6.07, 6.45) is 0. The molecular weight excluding hydrogens is 358 g/mol. The summed E-state index contributed by atoms with van der Waals surface area (Å²) >= 11 is 0. The molecule has 0 aliphatic carbocycles. The van der Waals surface area contributed by atoms with Crippen molar-refractivity contribution < 1.29 is 22.8 Å². The monoisotopic (exact) mass is 381 g/mol. The SMILES string of the molecule is CCS(=O)(=O)NCCNC(=O)c1ccc2c(c1)C(=O)N(C(C)(C)C)C2=O. The molecule has 1 aromatic carbocycles. The molecule has 8 nitrogen and oxygen atoms in total. The first-order chi connectivity index (χ1) is 12.0. The number of nitrogens with one attached hydrogen (secondary N) is 2. The highest BCUT2D eigenvalue weighted by atomic mass is 32.2. The summed E-state index contributed by atoms with van der Waals surface area (Å²) in [6.45, 7) is 6.99. The van der Waals surface area contributed by atoms with E-state index >= 15 is 0 Å². The maximum atomic E-state index is 12.5. The van der Waals surface area contributed by atoms with Crippen LogP contribution in [0.5, 0.6) is 0 Å². The van der Waals surface area contributed by atoms with Gasteiger partial charge in [0.25, 0.3) is 17.7 Å². The van der Waals surface area contributed by atoms with Gasteiger partial charge in [0, 0.05) is 24.2 Å². The van der Waals surface area contributed by atoms with Crippen molar-refractivity contribution in [3.63, 3.8) is 0 Å². The third-order valence-corrected chi connectivity index (χ3v) is 5.34. The summed E-state index contributed by atoms with van der Waals surface area (Å²) in [4.78, 5) is 38.3. The van der Waals surface area contributed by atoms with Crippen LogP contribution in [0.3, 0.4) is 0 Å². The molecule has 1 aliphatic rings. The van der Waals surface area contributed by atoms with Crippen molar-refractivity contribution in [2.75, 3.05) is 18.8 Å². The highest BCUT2D eigenvalue weighted by Gasteiger charge is 2.42. The van der Waals surface area contributed by atoms with Crippen LogP contribution in [0, 0.1) is 0 Å². The van der Waals surface area contributed by atoms with Crippen molar-refractivity contribution in [3.05, 3.63) is 34.9 Å². The van der Waals surface area contributed by atoms with E-state index in [2.05, 4.69) is 10.0 Å². The smallest absolute Gasteiger partial charge is 0.262 e. The molecule has 0 saturated carbocycles. The predicted molar refractivity (Wildman–Crippen MR) is 96.5 cm³/mol. The Labute approximate surface area is 153 Å². The molecule has 0 atom stereocenters. The van der Waals surface area contributed by atoms with E-state index in [1.54, 1.807) is 20.8 Å². The summed E-state index contributed by atoms with van der Waals surface area (Å²) in [5, 5.41) is 2.58. The number of hydrogen-bond donors (Lipinski definition) is 2. The molecule has 0 saturated heterocycles. The number of fused-ring (bicyclic) bond motifs is 1. The van der Waals surface area contributed by atoms with E-state index in [1.165, 1.54) is 30.0 Å². The van der Waals surface area contributed by atoms with E-state index in [9.17, 15) is 22.8 Å². The lowest BCUT2D eigenvalue weighted by atomic mass is 10.1. The van der Waals surface area contributed by atoms with Gasteiger partial charge in [0.05, 0.1) is 16.9 Å². The Morgan fingerprint density at radius 3 is 2.27 bits per heavy atom. The van der Waals surface area contributed by atoms with Crippen molar-refractivity contribution in [1.29, 1.82) is 0 Å². The molecule has 3 amide bonds. The summed E-state index contributed by atoms with van der Waals surface area (Å²) in [6, 6.07) is 4.34.